The molecular weight excluding hydrogens is 230 g/mol. The van der Waals surface area contributed by atoms with E-state index < -0.39 is 5.54 Å². The number of hydrogen-bond acceptors (Lipinski definition) is 3. The Bertz CT molecular complexity index is 493. The SMILES string of the molecule is Cc1ccc(C(=O)NC(C)(C)/C(N)=N/O)c(C)c1. The smallest absolute Gasteiger partial charge is 0.252 e. The summed E-state index contributed by atoms with van der Waals surface area (Å²) in [6.07, 6.45) is 0. The van der Waals surface area contributed by atoms with Gasteiger partial charge in [0.2, 0.25) is 0 Å². The van der Waals surface area contributed by atoms with Crippen molar-refractivity contribution >= 4 is 11.7 Å². The summed E-state index contributed by atoms with van der Waals surface area (Å²) < 4.78 is 0. The number of amides is 1. The molecule has 18 heavy (non-hydrogen) atoms. The average Bonchev–Trinajstić information content (AvgIpc) is 2.26. The third-order valence-corrected chi connectivity index (χ3v) is 2.80. The molecule has 0 aliphatic heterocycles. The lowest BCUT2D eigenvalue weighted by molar-refractivity contribution is 0.0930. The fraction of sp³-hybridized carbons (Fsp3) is 0.385. The molecule has 0 atom stereocenters. The number of rotatable bonds is 3. The monoisotopic (exact) mass is 249 g/mol. The van der Waals surface area contributed by atoms with Crippen molar-refractivity contribution in [1.82, 2.24) is 5.32 Å². The van der Waals surface area contributed by atoms with Gasteiger partial charge in [-0.05, 0) is 39.3 Å². The zero-order chi connectivity index (χ0) is 13.9. The van der Waals surface area contributed by atoms with Crippen molar-refractivity contribution in [2.75, 3.05) is 0 Å². The summed E-state index contributed by atoms with van der Waals surface area (Å²) in [6, 6.07) is 5.58. The lowest BCUT2D eigenvalue weighted by atomic mass is 10.0. The summed E-state index contributed by atoms with van der Waals surface area (Å²) in [5.41, 5.74) is 7.20. The molecule has 0 fully saturated rings. The number of aryl methyl sites for hydroxylation is 2. The van der Waals surface area contributed by atoms with Gasteiger partial charge in [-0.2, -0.15) is 0 Å². The van der Waals surface area contributed by atoms with Gasteiger partial charge in [-0.15, -0.1) is 0 Å². The van der Waals surface area contributed by atoms with Crippen molar-refractivity contribution < 1.29 is 10.0 Å². The molecule has 0 spiro atoms. The maximum absolute atomic E-state index is 12.1. The molecular formula is C13H19N3O2. The van der Waals surface area contributed by atoms with Gasteiger partial charge in [0.15, 0.2) is 5.84 Å². The number of benzene rings is 1. The van der Waals surface area contributed by atoms with Crippen molar-refractivity contribution in [1.29, 1.82) is 0 Å². The molecule has 0 radical (unpaired) electrons. The van der Waals surface area contributed by atoms with Crippen LogP contribution in [-0.4, -0.2) is 22.5 Å². The Morgan fingerprint density at radius 3 is 2.50 bits per heavy atom. The van der Waals surface area contributed by atoms with Gasteiger partial charge in [-0.1, -0.05) is 22.9 Å². The molecule has 1 aromatic rings. The quantitative estimate of drug-likeness (QED) is 0.329. The van der Waals surface area contributed by atoms with Crippen LogP contribution in [0.2, 0.25) is 0 Å². The Hall–Kier alpha value is -2.04. The molecule has 98 valence electrons. The number of nitrogens with zero attached hydrogens (tertiary/aromatic N) is 1. The maximum atomic E-state index is 12.1. The minimum atomic E-state index is -0.900. The van der Waals surface area contributed by atoms with E-state index in [2.05, 4.69) is 10.5 Å². The largest absolute Gasteiger partial charge is 0.409 e. The first-order valence-electron chi connectivity index (χ1n) is 5.65. The second-order valence-electron chi connectivity index (χ2n) is 4.88. The van der Waals surface area contributed by atoms with Gasteiger partial charge in [0.05, 0.1) is 5.54 Å². The molecule has 5 nitrogen and oxygen atoms in total. The molecule has 1 aromatic carbocycles. The van der Waals surface area contributed by atoms with E-state index in [9.17, 15) is 4.79 Å². The van der Waals surface area contributed by atoms with E-state index in [-0.39, 0.29) is 11.7 Å². The summed E-state index contributed by atoms with van der Waals surface area (Å²) >= 11 is 0. The average molecular weight is 249 g/mol. The van der Waals surface area contributed by atoms with Crippen LogP contribution in [0.15, 0.2) is 23.4 Å². The fourth-order valence-electron chi connectivity index (χ4n) is 1.61. The molecule has 0 heterocycles. The van der Waals surface area contributed by atoms with Crippen LogP contribution in [0.25, 0.3) is 0 Å². The zero-order valence-electron chi connectivity index (χ0n) is 11.1. The van der Waals surface area contributed by atoms with Crippen LogP contribution in [0.1, 0.15) is 35.3 Å². The fourth-order valence-corrected chi connectivity index (χ4v) is 1.61. The number of carbonyl (C=O) groups is 1. The number of oxime groups is 1. The first-order valence-corrected chi connectivity index (χ1v) is 5.65. The molecule has 0 aliphatic carbocycles. The van der Waals surface area contributed by atoms with Gasteiger partial charge < -0.3 is 16.3 Å². The predicted octanol–water partition coefficient (Wildman–Crippen LogP) is 1.56. The van der Waals surface area contributed by atoms with Gasteiger partial charge in [0.1, 0.15) is 0 Å². The van der Waals surface area contributed by atoms with Gasteiger partial charge >= 0.3 is 0 Å². The molecule has 1 amide bonds. The van der Waals surface area contributed by atoms with Gasteiger partial charge in [-0.3, -0.25) is 4.79 Å². The van der Waals surface area contributed by atoms with E-state index in [4.69, 9.17) is 10.9 Å². The number of carbonyl (C=O) groups excluding carboxylic acids is 1. The second-order valence-corrected chi connectivity index (χ2v) is 4.88. The molecule has 0 bridgehead atoms. The van der Waals surface area contributed by atoms with Gasteiger partial charge in [0.25, 0.3) is 5.91 Å². The van der Waals surface area contributed by atoms with Crippen LogP contribution in [-0.2, 0) is 0 Å². The number of hydrogen-bond donors (Lipinski definition) is 3. The van der Waals surface area contributed by atoms with Gasteiger partial charge in [0, 0.05) is 5.56 Å². The van der Waals surface area contributed by atoms with Crippen LogP contribution in [0, 0.1) is 13.8 Å². The highest BCUT2D eigenvalue weighted by molar-refractivity contribution is 6.00. The molecule has 0 aromatic heterocycles. The topological polar surface area (TPSA) is 87.7 Å². The Labute approximate surface area is 107 Å². The number of nitrogens with two attached hydrogens (primary N) is 1. The molecule has 4 N–H and O–H groups in total. The Balaban J connectivity index is 2.96. The predicted molar refractivity (Wildman–Crippen MR) is 70.9 cm³/mol. The van der Waals surface area contributed by atoms with Crippen LogP contribution >= 0.6 is 0 Å². The van der Waals surface area contributed by atoms with Crippen molar-refractivity contribution in [2.45, 2.75) is 33.2 Å². The van der Waals surface area contributed by atoms with Crippen LogP contribution in [0.4, 0.5) is 0 Å². The first-order chi connectivity index (χ1) is 8.27. The first kappa shape index (κ1) is 14.0. The van der Waals surface area contributed by atoms with E-state index in [1.54, 1.807) is 19.9 Å². The van der Waals surface area contributed by atoms with E-state index in [0.29, 0.717) is 5.56 Å². The number of nitrogens with one attached hydrogen (secondary N) is 1. The lowest BCUT2D eigenvalue weighted by Gasteiger charge is -2.25. The maximum Gasteiger partial charge on any atom is 0.252 e. The molecule has 0 aliphatic rings. The highest BCUT2D eigenvalue weighted by Crippen LogP contribution is 2.12. The minimum Gasteiger partial charge on any atom is -0.409 e. The third kappa shape index (κ3) is 3.00. The summed E-state index contributed by atoms with van der Waals surface area (Å²) in [5, 5.41) is 14.3. The Morgan fingerprint density at radius 1 is 1.39 bits per heavy atom. The second kappa shape index (κ2) is 5.08. The third-order valence-electron chi connectivity index (χ3n) is 2.80. The summed E-state index contributed by atoms with van der Waals surface area (Å²) in [6.45, 7) is 7.18. The molecule has 5 heteroatoms. The molecule has 0 unspecified atom stereocenters. The Morgan fingerprint density at radius 2 is 2.00 bits per heavy atom. The van der Waals surface area contributed by atoms with E-state index >= 15 is 0 Å². The highest BCUT2D eigenvalue weighted by atomic mass is 16.4. The van der Waals surface area contributed by atoms with Crippen molar-refractivity contribution in [3.05, 3.63) is 34.9 Å². The molecule has 0 saturated carbocycles. The lowest BCUT2D eigenvalue weighted by Crippen LogP contribution is -2.53. The highest BCUT2D eigenvalue weighted by Gasteiger charge is 2.26. The molecule has 1 rings (SSSR count). The van der Waals surface area contributed by atoms with Crippen molar-refractivity contribution in [3.63, 3.8) is 0 Å². The van der Waals surface area contributed by atoms with Crippen molar-refractivity contribution in [3.8, 4) is 0 Å². The molecule has 0 saturated heterocycles. The minimum absolute atomic E-state index is 0.0411. The van der Waals surface area contributed by atoms with Crippen molar-refractivity contribution in [2.24, 2.45) is 10.9 Å². The van der Waals surface area contributed by atoms with E-state index in [1.807, 2.05) is 26.0 Å². The normalized spacial score (nSPS) is 12.3. The zero-order valence-corrected chi connectivity index (χ0v) is 11.1. The van der Waals surface area contributed by atoms with Crippen LogP contribution in [0.5, 0.6) is 0 Å². The summed E-state index contributed by atoms with van der Waals surface area (Å²) in [4.78, 5) is 12.1. The standard InChI is InChI=1S/C13H19N3O2/c1-8-5-6-10(9(2)7-8)11(17)15-13(3,4)12(14)16-18/h5-7,18H,1-4H3,(H2,14,16)(H,15,17). The Kier molecular flexibility index (Phi) is 3.96. The number of amidine groups is 1. The van der Waals surface area contributed by atoms with E-state index in [0.717, 1.165) is 11.1 Å². The van der Waals surface area contributed by atoms with Crippen LogP contribution in [0.3, 0.4) is 0 Å². The summed E-state index contributed by atoms with van der Waals surface area (Å²) in [7, 11) is 0. The van der Waals surface area contributed by atoms with E-state index in [1.165, 1.54) is 0 Å². The summed E-state index contributed by atoms with van der Waals surface area (Å²) in [5.74, 6) is -0.287. The van der Waals surface area contributed by atoms with Crippen LogP contribution < -0.4 is 11.1 Å². The van der Waals surface area contributed by atoms with Gasteiger partial charge in [-0.25, -0.2) is 0 Å².